The predicted molar refractivity (Wildman–Crippen MR) is 76.7 cm³/mol. The summed E-state index contributed by atoms with van der Waals surface area (Å²) in [7, 11) is 0. The molecule has 3 nitrogen and oxygen atoms in total. The third-order valence-corrected chi connectivity index (χ3v) is 4.29. The highest BCUT2D eigenvalue weighted by molar-refractivity contribution is 7.99. The fraction of sp³-hybridized carbons (Fsp3) is 0.357. The van der Waals surface area contributed by atoms with E-state index in [1.165, 1.54) is 0 Å². The monoisotopic (exact) mass is 262 g/mol. The van der Waals surface area contributed by atoms with Gasteiger partial charge in [0.05, 0.1) is 11.1 Å². The molecule has 96 valence electrons. The van der Waals surface area contributed by atoms with E-state index in [2.05, 4.69) is 11.9 Å². The average molecular weight is 262 g/mol. The third-order valence-electron chi connectivity index (χ3n) is 3.22. The molecule has 0 aromatic heterocycles. The molecule has 1 fully saturated rings. The number of rotatable bonds is 6. The van der Waals surface area contributed by atoms with Gasteiger partial charge in [0, 0.05) is 17.2 Å². The summed E-state index contributed by atoms with van der Waals surface area (Å²) in [5.74, 6) is 0.881. The SMILES string of the molecule is C=CCSc1ccccc1NC(=O)C1(CN)CC1. The van der Waals surface area contributed by atoms with Gasteiger partial charge in [-0.25, -0.2) is 0 Å². The zero-order valence-electron chi connectivity index (χ0n) is 10.3. The minimum absolute atomic E-state index is 0.0525. The second kappa shape index (κ2) is 5.59. The second-order valence-corrected chi connectivity index (χ2v) is 5.60. The van der Waals surface area contributed by atoms with E-state index in [9.17, 15) is 4.79 Å². The van der Waals surface area contributed by atoms with Crippen LogP contribution in [0.25, 0.3) is 0 Å². The van der Waals surface area contributed by atoms with Crippen molar-refractivity contribution < 1.29 is 4.79 Å². The molecule has 0 radical (unpaired) electrons. The van der Waals surface area contributed by atoms with Gasteiger partial charge in [0.1, 0.15) is 0 Å². The number of para-hydroxylation sites is 1. The molecule has 0 aliphatic heterocycles. The lowest BCUT2D eigenvalue weighted by molar-refractivity contribution is -0.120. The lowest BCUT2D eigenvalue weighted by Gasteiger charge is -2.15. The van der Waals surface area contributed by atoms with Gasteiger partial charge in [0.2, 0.25) is 5.91 Å². The fourth-order valence-electron chi connectivity index (χ4n) is 1.77. The quantitative estimate of drug-likeness (QED) is 0.612. The summed E-state index contributed by atoms with van der Waals surface area (Å²) in [6, 6.07) is 7.83. The number of amides is 1. The third kappa shape index (κ3) is 2.76. The van der Waals surface area contributed by atoms with E-state index in [1.807, 2.05) is 30.3 Å². The molecule has 0 spiro atoms. The van der Waals surface area contributed by atoms with Crippen LogP contribution < -0.4 is 11.1 Å². The Morgan fingerprint density at radius 3 is 2.83 bits per heavy atom. The molecule has 2 rings (SSSR count). The topological polar surface area (TPSA) is 55.1 Å². The first-order chi connectivity index (χ1) is 8.72. The number of hydrogen-bond acceptors (Lipinski definition) is 3. The van der Waals surface area contributed by atoms with E-state index < -0.39 is 0 Å². The molecule has 1 aliphatic carbocycles. The van der Waals surface area contributed by atoms with Gasteiger partial charge in [0.25, 0.3) is 0 Å². The Morgan fingerprint density at radius 1 is 1.50 bits per heavy atom. The Hall–Kier alpha value is -1.26. The van der Waals surface area contributed by atoms with Crippen molar-refractivity contribution in [1.29, 1.82) is 0 Å². The zero-order valence-corrected chi connectivity index (χ0v) is 11.1. The highest BCUT2D eigenvalue weighted by Gasteiger charge is 2.48. The Balaban J connectivity index is 2.08. The fourth-order valence-corrected chi connectivity index (χ4v) is 2.52. The minimum Gasteiger partial charge on any atom is -0.329 e. The first-order valence-corrected chi connectivity index (χ1v) is 7.05. The van der Waals surface area contributed by atoms with Gasteiger partial charge in [-0.15, -0.1) is 18.3 Å². The Morgan fingerprint density at radius 2 is 2.22 bits per heavy atom. The van der Waals surface area contributed by atoms with Crippen LogP contribution in [0, 0.1) is 5.41 Å². The zero-order chi connectivity index (χ0) is 13.0. The maximum absolute atomic E-state index is 12.1. The number of thioether (sulfide) groups is 1. The number of anilines is 1. The maximum atomic E-state index is 12.1. The molecule has 4 heteroatoms. The van der Waals surface area contributed by atoms with Gasteiger partial charge in [-0.1, -0.05) is 18.2 Å². The Kier molecular flexibility index (Phi) is 4.09. The summed E-state index contributed by atoms with van der Waals surface area (Å²) in [5.41, 5.74) is 6.22. The molecule has 1 saturated carbocycles. The van der Waals surface area contributed by atoms with Gasteiger partial charge in [-0.05, 0) is 25.0 Å². The van der Waals surface area contributed by atoms with Crippen LogP contribution >= 0.6 is 11.8 Å². The lowest BCUT2D eigenvalue weighted by Crippen LogP contribution is -2.31. The first-order valence-electron chi connectivity index (χ1n) is 6.06. The van der Waals surface area contributed by atoms with Crippen LogP contribution in [0.15, 0.2) is 41.8 Å². The lowest BCUT2D eigenvalue weighted by atomic mass is 10.1. The van der Waals surface area contributed by atoms with E-state index in [0.29, 0.717) is 6.54 Å². The predicted octanol–water partition coefficient (Wildman–Crippen LogP) is 2.64. The Labute approximate surface area is 112 Å². The number of hydrogen-bond donors (Lipinski definition) is 2. The molecule has 18 heavy (non-hydrogen) atoms. The van der Waals surface area contributed by atoms with E-state index in [4.69, 9.17) is 5.73 Å². The van der Waals surface area contributed by atoms with Crippen LogP contribution in [0.2, 0.25) is 0 Å². The van der Waals surface area contributed by atoms with Gasteiger partial charge < -0.3 is 11.1 Å². The van der Waals surface area contributed by atoms with Gasteiger partial charge >= 0.3 is 0 Å². The van der Waals surface area contributed by atoms with Crippen LogP contribution in [-0.4, -0.2) is 18.2 Å². The van der Waals surface area contributed by atoms with Crippen LogP contribution in [-0.2, 0) is 4.79 Å². The van der Waals surface area contributed by atoms with Crippen LogP contribution in [0.4, 0.5) is 5.69 Å². The van der Waals surface area contributed by atoms with E-state index >= 15 is 0 Å². The summed E-state index contributed by atoms with van der Waals surface area (Å²) >= 11 is 1.66. The highest BCUT2D eigenvalue weighted by Crippen LogP contribution is 2.45. The molecule has 0 saturated heterocycles. The largest absolute Gasteiger partial charge is 0.329 e. The average Bonchev–Trinajstić information content (AvgIpc) is 3.19. The molecule has 1 aromatic rings. The Bertz CT molecular complexity index is 455. The van der Waals surface area contributed by atoms with Crippen molar-refractivity contribution in [2.24, 2.45) is 11.1 Å². The molecule has 1 aliphatic rings. The van der Waals surface area contributed by atoms with Crippen molar-refractivity contribution >= 4 is 23.4 Å². The van der Waals surface area contributed by atoms with Crippen molar-refractivity contribution in [2.45, 2.75) is 17.7 Å². The van der Waals surface area contributed by atoms with E-state index in [1.54, 1.807) is 11.8 Å². The molecule has 1 amide bonds. The standard InChI is InChI=1S/C14H18N2OS/c1-2-9-18-12-6-4-3-5-11(12)16-13(17)14(10-15)7-8-14/h2-6H,1,7-10,15H2,(H,16,17). The van der Waals surface area contributed by atoms with Crippen LogP contribution in [0.3, 0.4) is 0 Å². The number of benzene rings is 1. The molecular weight excluding hydrogens is 244 g/mol. The number of nitrogens with two attached hydrogens (primary N) is 1. The smallest absolute Gasteiger partial charge is 0.231 e. The molecule has 0 atom stereocenters. The van der Waals surface area contributed by atoms with Crippen molar-refractivity contribution in [1.82, 2.24) is 0 Å². The van der Waals surface area contributed by atoms with Crippen molar-refractivity contribution in [2.75, 3.05) is 17.6 Å². The molecule has 0 unspecified atom stereocenters. The summed E-state index contributed by atoms with van der Waals surface area (Å²) in [5, 5.41) is 3.00. The first kappa shape index (κ1) is 13.2. The molecule has 0 bridgehead atoms. The molecule has 3 N–H and O–H groups in total. The van der Waals surface area contributed by atoms with Crippen molar-refractivity contribution in [3.8, 4) is 0 Å². The van der Waals surface area contributed by atoms with Gasteiger partial charge in [0.15, 0.2) is 0 Å². The van der Waals surface area contributed by atoms with Crippen LogP contribution in [0.1, 0.15) is 12.8 Å². The van der Waals surface area contributed by atoms with Crippen molar-refractivity contribution in [3.05, 3.63) is 36.9 Å². The van der Waals surface area contributed by atoms with Crippen molar-refractivity contribution in [3.63, 3.8) is 0 Å². The highest BCUT2D eigenvalue weighted by atomic mass is 32.2. The number of carbonyl (C=O) groups excluding carboxylic acids is 1. The minimum atomic E-state index is -0.309. The van der Waals surface area contributed by atoms with Gasteiger partial charge in [-0.3, -0.25) is 4.79 Å². The number of carbonyl (C=O) groups is 1. The normalized spacial score (nSPS) is 16.1. The van der Waals surface area contributed by atoms with E-state index in [0.717, 1.165) is 29.2 Å². The summed E-state index contributed by atoms with van der Waals surface area (Å²) in [6.45, 7) is 4.14. The molecule has 0 heterocycles. The second-order valence-electron chi connectivity index (χ2n) is 4.53. The van der Waals surface area contributed by atoms with E-state index in [-0.39, 0.29) is 11.3 Å². The van der Waals surface area contributed by atoms with Crippen LogP contribution in [0.5, 0.6) is 0 Å². The molecular formula is C14H18N2OS. The van der Waals surface area contributed by atoms with Gasteiger partial charge in [-0.2, -0.15) is 0 Å². The number of nitrogens with one attached hydrogen (secondary N) is 1. The summed E-state index contributed by atoms with van der Waals surface area (Å²) < 4.78 is 0. The molecule has 1 aromatic carbocycles. The maximum Gasteiger partial charge on any atom is 0.231 e. The summed E-state index contributed by atoms with van der Waals surface area (Å²) in [6.07, 6.45) is 3.65. The summed E-state index contributed by atoms with van der Waals surface area (Å²) in [4.78, 5) is 13.2.